The predicted octanol–water partition coefficient (Wildman–Crippen LogP) is 9.60. The topological polar surface area (TPSA) is 74.8 Å². The van der Waals surface area contributed by atoms with Crippen molar-refractivity contribution in [1.82, 2.24) is 24.8 Å². The third kappa shape index (κ3) is 9.66. The van der Waals surface area contributed by atoms with Crippen molar-refractivity contribution < 1.29 is 13.6 Å². The monoisotopic (exact) mass is 629 g/mol. The van der Waals surface area contributed by atoms with E-state index in [2.05, 4.69) is 43.9 Å². The fourth-order valence-electron chi connectivity index (χ4n) is 6.97. The lowest BCUT2D eigenvalue weighted by Crippen LogP contribution is -2.34. The lowest BCUT2D eigenvalue weighted by Gasteiger charge is -2.31. The number of aromatic amines is 1. The molecule has 1 N–H and O–H groups in total. The highest BCUT2D eigenvalue weighted by molar-refractivity contribution is 5.91. The van der Waals surface area contributed by atoms with Gasteiger partial charge in [0.15, 0.2) is 11.6 Å². The molecule has 0 aliphatic heterocycles. The smallest absolute Gasteiger partial charge is 0.223 e. The van der Waals surface area contributed by atoms with E-state index in [1.807, 2.05) is 18.2 Å². The number of aromatic nitrogens is 4. The van der Waals surface area contributed by atoms with E-state index >= 15 is 0 Å². The fourth-order valence-corrected chi connectivity index (χ4v) is 6.97. The Morgan fingerprint density at radius 1 is 0.935 bits per heavy atom. The maximum Gasteiger partial charge on any atom is 0.223 e. The standard InChI is InChI=1S/C38H49F2N5O/c1-2-3-4-5-6-7-8-9-13-19-45(27-28-15-11-10-12-16-28)36(46)22-30-18-14-17-29(20-30)21-35-34(40)26-43-38(44-35)33-25-42-37-32(33)23-31(39)24-41-37/h10-12,15-16,23-26,29-30H,2-9,13-14,17-22,27H2,1H3,(H,41,42)/t29-,30+/m0/s1. The normalized spacial score (nSPS) is 16.6. The molecule has 8 heteroatoms. The average Bonchev–Trinajstić information content (AvgIpc) is 3.48. The van der Waals surface area contributed by atoms with Crippen molar-refractivity contribution in [2.45, 2.75) is 110 Å². The van der Waals surface area contributed by atoms with Crippen LogP contribution in [0.15, 0.2) is 55.0 Å². The number of pyridine rings is 1. The summed E-state index contributed by atoms with van der Waals surface area (Å²) in [6, 6.07) is 11.7. The number of nitrogens with one attached hydrogen (secondary N) is 1. The van der Waals surface area contributed by atoms with Gasteiger partial charge in [0.05, 0.1) is 18.1 Å². The van der Waals surface area contributed by atoms with Crippen molar-refractivity contribution in [2.24, 2.45) is 11.8 Å². The van der Waals surface area contributed by atoms with Gasteiger partial charge in [-0.15, -0.1) is 0 Å². The summed E-state index contributed by atoms with van der Waals surface area (Å²) in [7, 11) is 0. The van der Waals surface area contributed by atoms with Crippen LogP contribution in [-0.2, 0) is 17.8 Å². The van der Waals surface area contributed by atoms with Gasteiger partial charge in [-0.3, -0.25) is 4.79 Å². The molecule has 1 saturated carbocycles. The predicted molar refractivity (Wildman–Crippen MR) is 180 cm³/mol. The molecule has 1 fully saturated rings. The first-order valence-electron chi connectivity index (χ1n) is 17.5. The van der Waals surface area contributed by atoms with Crippen LogP contribution in [0.5, 0.6) is 0 Å². The lowest BCUT2D eigenvalue weighted by atomic mass is 9.77. The number of carbonyl (C=O) groups excluding carboxylic acids is 1. The number of unbranched alkanes of at least 4 members (excludes halogenated alkanes) is 8. The van der Waals surface area contributed by atoms with Crippen molar-refractivity contribution in [3.63, 3.8) is 0 Å². The zero-order chi connectivity index (χ0) is 32.1. The zero-order valence-electron chi connectivity index (χ0n) is 27.3. The van der Waals surface area contributed by atoms with Crippen LogP contribution in [0.4, 0.5) is 8.78 Å². The SMILES string of the molecule is CCCCCCCCCCCN(Cc1ccccc1)C(=O)C[C@@H]1CCC[C@H](Cc2nc(-c3c[nH]c4ncc(F)cc34)ncc2F)C1. The van der Waals surface area contributed by atoms with E-state index in [9.17, 15) is 13.6 Å². The Morgan fingerprint density at radius 3 is 2.46 bits per heavy atom. The summed E-state index contributed by atoms with van der Waals surface area (Å²) in [4.78, 5) is 31.7. The Labute approximate surface area is 272 Å². The molecule has 0 spiro atoms. The van der Waals surface area contributed by atoms with Crippen molar-refractivity contribution in [1.29, 1.82) is 0 Å². The van der Waals surface area contributed by atoms with Gasteiger partial charge in [-0.25, -0.2) is 23.7 Å². The van der Waals surface area contributed by atoms with Crippen LogP contribution in [0, 0.1) is 23.5 Å². The highest BCUT2D eigenvalue weighted by atomic mass is 19.1. The molecule has 3 heterocycles. The maximum absolute atomic E-state index is 15.0. The number of rotatable bonds is 17. The van der Waals surface area contributed by atoms with Crippen LogP contribution < -0.4 is 0 Å². The molecule has 3 aromatic heterocycles. The van der Waals surface area contributed by atoms with E-state index in [-0.39, 0.29) is 17.7 Å². The second-order valence-corrected chi connectivity index (χ2v) is 13.2. The van der Waals surface area contributed by atoms with Crippen molar-refractivity contribution in [2.75, 3.05) is 6.54 Å². The Morgan fingerprint density at radius 2 is 1.67 bits per heavy atom. The fraction of sp³-hybridized carbons (Fsp3) is 0.526. The molecule has 0 radical (unpaired) electrons. The summed E-state index contributed by atoms with van der Waals surface area (Å²) in [5.74, 6) is 0.218. The van der Waals surface area contributed by atoms with E-state index in [0.29, 0.717) is 47.5 Å². The third-order valence-electron chi connectivity index (χ3n) is 9.49. The number of halogens is 2. The van der Waals surface area contributed by atoms with Crippen LogP contribution >= 0.6 is 0 Å². The number of fused-ring (bicyclic) bond motifs is 1. The first-order valence-corrected chi connectivity index (χ1v) is 17.5. The van der Waals surface area contributed by atoms with E-state index in [1.54, 1.807) is 6.20 Å². The van der Waals surface area contributed by atoms with Crippen LogP contribution in [0.25, 0.3) is 22.4 Å². The minimum absolute atomic E-state index is 0.227. The molecule has 2 atom stereocenters. The molecule has 1 amide bonds. The summed E-state index contributed by atoms with van der Waals surface area (Å²) >= 11 is 0. The van der Waals surface area contributed by atoms with Gasteiger partial charge in [0.1, 0.15) is 11.5 Å². The molecule has 0 bridgehead atoms. The summed E-state index contributed by atoms with van der Waals surface area (Å²) in [6.07, 6.45) is 20.3. The quantitative estimate of drug-likeness (QED) is 0.118. The summed E-state index contributed by atoms with van der Waals surface area (Å²) in [6.45, 7) is 3.69. The summed E-state index contributed by atoms with van der Waals surface area (Å²) < 4.78 is 28.9. The van der Waals surface area contributed by atoms with Gasteiger partial charge in [0, 0.05) is 36.7 Å². The lowest BCUT2D eigenvalue weighted by molar-refractivity contribution is -0.133. The summed E-state index contributed by atoms with van der Waals surface area (Å²) in [5, 5.41) is 0.566. The van der Waals surface area contributed by atoms with Crippen molar-refractivity contribution in [3.05, 3.63) is 77.9 Å². The maximum atomic E-state index is 15.0. The molecule has 6 nitrogen and oxygen atoms in total. The Balaban J connectivity index is 1.16. The highest BCUT2D eigenvalue weighted by Gasteiger charge is 2.27. The van der Waals surface area contributed by atoms with Gasteiger partial charge in [-0.2, -0.15) is 0 Å². The molecular formula is C38H49F2N5O. The molecule has 0 saturated heterocycles. The number of hydrogen-bond donors (Lipinski definition) is 1. The molecule has 46 heavy (non-hydrogen) atoms. The van der Waals surface area contributed by atoms with Gasteiger partial charge in [-0.1, -0.05) is 101 Å². The van der Waals surface area contributed by atoms with Crippen LogP contribution in [-0.4, -0.2) is 37.3 Å². The molecule has 0 unspecified atom stereocenters. The molecule has 5 rings (SSSR count). The van der Waals surface area contributed by atoms with Crippen LogP contribution in [0.1, 0.15) is 108 Å². The largest absolute Gasteiger partial charge is 0.345 e. The Kier molecular flexibility index (Phi) is 12.7. The number of carbonyl (C=O) groups is 1. The molecular weight excluding hydrogens is 580 g/mol. The second kappa shape index (κ2) is 17.3. The number of hydrogen-bond acceptors (Lipinski definition) is 4. The highest BCUT2D eigenvalue weighted by Crippen LogP contribution is 2.34. The summed E-state index contributed by atoms with van der Waals surface area (Å²) in [5.41, 5.74) is 2.67. The first kappa shape index (κ1) is 33.7. The van der Waals surface area contributed by atoms with E-state index in [1.165, 1.54) is 57.2 Å². The molecule has 1 aromatic carbocycles. The van der Waals surface area contributed by atoms with Gasteiger partial charge in [0.2, 0.25) is 5.91 Å². The number of benzene rings is 1. The Bertz CT molecular complexity index is 1520. The van der Waals surface area contributed by atoms with Gasteiger partial charge in [0.25, 0.3) is 0 Å². The number of H-pyrrole nitrogens is 1. The number of nitrogens with zero attached hydrogens (tertiary/aromatic N) is 4. The van der Waals surface area contributed by atoms with E-state index in [4.69, 9.17) is 0 Å². The average molecular weight is 630 g/mol. The number of amides is 1. The molecule has 246 valence electrons. The minimum atomic E-state index is -0.450. The van der Waals surface area contributed by atoms with Crippen LogP contribution in [0.3, 0.4) is 0 Å². The zero-order valence-corrected chi connectivity index (χ0v) is 27.3. The van der Waals surface area contributed by atoms with E-state index in [0.717, 1.165) is 56.8 Å². The third-order valence-corrected chi connectivity index (χ3v) is 9.49. The molecule has 1 aliphatic rings. The van der Waals surface area contributed by atoms with Gasteiger partial charge in [-0.05, 0) is 49.1 Å². The van der Waals surface area contributed by atoms with Crippen molar-refractivity contribution >= 4 is 16.9 Å². The second-order valence-electron chi connectivity index (χ2n) is 13.2. The van der Waals surface area contributed by atoms with Crippen molar-refractivity contribution in [3.8, 4) is 11.4 Å². The Hall–Kier alpha value is -3.68. The molecule has 1 aliphatic carbocycles. The molecule has 4 aromatic rings. The van der Waals surface area contributed by atoms with E-state index < -0.39 is 11.6 Å². The van der Waals surface area contributed by atoms with Crippen LogP contribution in [0.2, 0.25) is 0 Å². The van der Waals surface area contributed by atoms with Gasteiger partial charge < -0.3 is 9.88 Å². The minimum Gasteiger partial charge on any atom is -0.345 e. The van der Waals surface area contributed by atoms with Gasteiger partial charge >= 0.3 is 0 Å². The first-order chi connectivity index (χ1) is 22.5.